The molecule has 1 aliphatic rings. The normalized spacial score (nSPS) is 16.1. The summed E-state index contributed by atoms with van der Waals surface area (Å²) in [6.07, 6.45) is 0. The molecule has 34 heavy (non-hydrogen) atoms. The number of rotatable bonds is 5. The minimum atomic E-state index is -0.940. The van der Waals surface area contributed by atoms with Crippen LogP contribution in [-0.2, 0) is 4.79 Å². The fraction of sp³-hybridized carbons (Fsp3) is 0.143. The van der Waals surface area contributed by atoms with Crippen molar-refractivity contribution in [3.05, 3.63) is 107 Å². The van der Waals surface area contributed by atoms with Gasteiger partial charge in [0.15, 0.2) is 11.5 Å². The van der Waals surface area contributed by atoms with Crippen molar-refractivity contribution in [2.75, 3.05) is 4.90 Å². The van der Waals surface area contributed by atoms with Crippen molar-refractivity contribution < 1.29 is 24.2 Å². The minimum Gasteiger partial charge on any atom is -0.508 e. The van der Waals surface area contributed by atoms with Crippen LogP contribution in [0.25, 0.3) is 11.0 Å². The van der Waals surface area contributed by atoms with Crippen LogP contribution in [0.1, 0.15) is 47.5 Å². The Kier molecular flexibility index (Phi) is 5.21. The molecule has 1 unspecified atom stereocenters. The van der Waals surface area contributed by atoms with Gasteiger partial charge in [-0.05, 0) is 53.4 Å². The molecule has 0 spiro atoms. The van der Waals surface area contributed by atoms with Crippen molar-refractivity contribution in [3.63, 3.8) is 0 Å². The van der Waals surface area contributed by atoms with E-state index in [0.717, 1.165) is 10.9 Å². The van der Waals surface area contributed by atoms with Crippen LogP contribution in [0.4, 0.5) is 5.69 Å². The number of nitrogens with zero attached hydrogens (tertiary/aromatic N) is 1. The summed E-state index contributed by atoms with van der Waals surface area (Å²) < 4.78 is 5.74. The molecule has 0 fully saturated rings. The first kappa shape index (κ1) is 21.5. The Morgan fingerprint density at radius 3 is 2.35 bits per heavy atom. The lowest BCUT2D eigenvalue weighted by Crippen LogP contribution is -2.31. The van der Waals surface area contributed by atoms with Gasteiger partial charge in [-0.15, -0.1) is 0 Å². The Hall–Kier alpha value is -4.32. The first-order chi connectivity index (χ1) is 16.3. The number of aliphatic hydroxyl groups is 1. The lowest BCUT2D eigenvalue weighted by atomic mass is 9.94. The van der Waals surface area contributed by atoms with Gasteiger partial charge in [-0.2, -0.15) is 0 Å². The van der Waals surface area contributed by atoms with Crippen LogP contribution in [0.15, 0.2) is 94.6 Å². The second kappa shape index (κ2) is 8.23. The summed E-state index contributed by atoms with van der Waals surface area (Å²) in [4.78, 5) is 28.3. The summed E-state index contributed by atoms with van der Waals surface area (Å²) in [5.41, 5.74) is 2.56. The monoisotopic (exact) mass is 453 g/mol. The van der Waals surface area contributed by atoms with E-state index in [2.05, 4.69) is 13.8 Å². The third-order valence-corrected chi connectivity index (χ3v) is 6.13. The molecule has 6 heteroatoms. The maximum absolute atomic E-state index is 13.6. The van der Waals surface area contributed by atoms with Gasteiger partial charge in [-0.3, -0.25) is 14.5 Å². The molecule has 1 aromatic heterocycles. The molecular weight excluding hydrogens is 430 g/mol. The summed E-state index contributed by atoms with van der Waals surface area (Å²) in [7, 11) is 0. The van der Waals surface area contributed by atoms with E-state index < -0.39 is 23.5 Å². The highest BCUT2D eigenvalue weighted by molar-refractivity contribution is 6.20. The smallest absolute Gasteiger partial charge is 0.294 e. The molecule has 4 aromatic rings. The first-order valence-electron chi connectivity index (χ1n) is 11.0. The molecule has 1 aliphatic heterocycles. The number of carbonyl (C=O) groups excluding carboxylic acids is 2. The SMILES string of the molecule is CC(C)c1ccc(N2C(=O)C(O)=C(C(=O)c3cc4ccccc4o3)C2c2cccc(O)c2)cc1. The standard InChI is InChI=1S/C28H23NO5/c1-16(2)17-10-12-20(13-11-17)29-25(19-7-5-8-21(30)14-19)24(27(32)28(29)33)26(31)23-15-18-6-3-4-9-22(18)34-23/h3-16,25,30,32H,1-2H3. The van der Waals surface area contributed by atoms with Gasteiger partial charge in [0, 0.05) is 11.1 Å². The second-order valence-electron chi connectivity index (χ2n) is 8.66. The summed E-state index contributed by atoms with van der Waals surface area (Å²) >= 11 is 0. The van der Waals surface area contributed by atoms with Crippen molar-refractivity contribution in [1.82, 2.24) is 0 Å². The minimum absolute atomic E-state index is 0.0121. The molecule has 170 valence electrons. The zero-order chi connectivity index (χ0) is 24.0. The quantitative estimate of drug-likeness (QED) is 0.359. The molecule has 0 saturated carbocycles. The molecule has 1 atom stereocenters. The van der Waals surface area contributed by atoms with Crippen molar-refractivity contribution in [3.8, 4) is 5.75 Å². The molecular formula is C28H23NO5. The fourth-order valence-electron chi connectivity index (χ4n) is 4.36. The van der Waals surface area contributed by atoms with Crippen molar-refractivity contribution in [1.29, 1.82) is 0 Å². The highest BCUT2D eigenvalue weighted by Crippen LogP contribution is 2.43. The Labute approximate surface area is 196 Å². The number of furan rings is 1. The van der Waals surface area contributed by atoms with Gasteiger partial charge in [-0.25, -0.2) is 0 Å². The van der Waals surface area contributed by atoms with Crippen molar-refractivity contribution >= 4 is 28.3 Å². The molecule has 0 saturated heterocycles. The number of phenols is 1. The van der Waals surface area contributed by atoms with E-state index in [1.165, 1.54) is 17.0 Å². The Morgan fingerprint density at radius 2 is 1.68 bits per heavy atom. The molecule has 0 aliphatic carbocycles. The average molecular weight is 453 g/mol. The van der Waals surface area contributed by atoms with Gasteiger partial charge in [0.25, 0.3) is 5.91 Å². The number of hydrogen-bond donors (Lipinski definition) is 2. The maximum atomic E-state index is 13.6. The van der Waals surface area contributed by atoms with Crippen molar-refractivity contribution in [2.45, 2.75) is 25.8 Å². The molecule has 6 nitrogen and oxygen atoms in total. The number of anilines is 1. The number of aromatic hydroxyl groups is 1. The highest BCUT2D eigenvalue weighted by atomic mass is 16.3. The zero-order valence-corrected chi connectivity index (χ0v) is 18.7. The molecule has 5 rings (SSSR count). The van der Waals surface area contributed by atoms with E-state index in [0.29, 0.717) is 22.8 Å². The average Bonchev–Trinajstić information content (AvgIpc) is 3.38. The number of carbonyl (C=O) groups is 2. The molecule has 3 aromatic carbocycles. The third-order valence-electron chi connectivity index (χ3n) is 6.13. The summed E-state index contributed by atoms with van der Waals surface area (Å²) in [6.45, 7) is 4.14. The number of phenolic OH excluding ortho intramolecular Hbond substituents is 1. The zero-order valence-electron chi connectivity index (χ0n) is 18.7. The molecule has 2 N–H and O–H groups in total. The van der Waals surface area contributed by atoms with E-state index >= 15 is 0 Å². The predicted octanol–water partition coefficient (Wildman–Crippen LogP) is 6.04. The number of amides is 1. The summed E-state index contributed by atoms with van der Waals surface area (Å²) in [6, 6.07) is 21.6. The van der Waals surface area contributed by atoms with Gasteiger partial charge in [0.2, 0.25) is 5.78 Å². The van der Waals surface area contributed by atoms with Crippen LogP contribution in [-0.4, -0.2) is 21.9 Å². The van der Waals surface area contributed by atoms with Crippen molar-refractivity contribution in [2.24, 2.45) is 0 Å². The summed E-state index contributed by atoms with van der Waals surface area (Å²) in [5.74, 6) is -1.59. The number of ketones is 1. The van der Waals surface area contributed by atoms with Crippen LogP contribution >= 0.6 is 0 Å². The van der Waals surface area contributed by atoms with Gasteiger partial charge in [-0.1, -0.05) is 56.3 Å². The largest absolute Gasteiger partial charge is 0.508 e. The number of aliphatic hydroxyl groups excluding tert-OH is 1. The highest BCUT2D eigenvalue weighted by Gasteiger charge is 2.45. The molecule has 0 radical (unpaired) electrons. The van der Waals surface area contributed by atoms with Crippen LogP contribution in [0.3, 0.4) is 0 Å². The van der Waals surface area contributed by atoms with Crippen LogP contribution in [0.2, 0.25) is 0 Å². The van der Waals surface area contributed by atoms with Gasteiger partial charge >= 0.3 is 0 Å². The number of Topliss-reactive ketones (excluding diaryl/α,β-unsaturated/α-hetero) is 1. The summed E-state index contributed by atoms with van der Waals surface area (Å²) in [5, 5.41) is 21.8. The van der Waals surface area contributed by atoms with E-state index in [9.17, 15) is 19.8 Å². The maximum Gasteiger partial charge on any atom is 0.294 e. The Bertz CT molecular complexity index is 1410. The van der Waals surface area contributed by atoms with Crippen LogP contribution in [0, 0.1) is 0 Å². The number of benzene rings is 3. The van der Waals surface area contributed by atoms with E-state index in [4.69, 9.17) is 4.42 Å². The molecule has 2 heterocycles. The molecule has 1 amide bonds. The van der Waals surface area contributed by atoms with Crippen LogP contribution in [0.5, 0.6) is 5.75 Å². The fourth-order valence-corrected chi connectivity index (χ4v) is 4.36. The second-order valence-corrected chi connectivity index (χ2v) is 8.66. The number of para-hydroxylation sites is 1. The number of hydrogen-bond acceptors (Lipinski definition) is 5. The Balaban J connectivity index is 1.64. The van der Waals surface area contributed by atoms with Gasteiger partial charge in [0.05, 0.1) is 11.6 Å². The predicted molar refractivity (Wildman–Crippen MR) is 129 cm³/mol. The first-order valence-corrected chi connectivity index (χ1v) is 11.0. The topological polar surface area (TPSA) is 91.0 Å². The lowest BCUT2D eigenvalue weighted by Gasteiger charge is -2.27. The Morgan fingerprint density at radius 1 is 0.941 bits per heavy atom. The van der Waals surface area contributed by atoms with Crippen LogP contribution < -0.4 is 4.90 Å². The van der Waals surface area contributed by atoms with Gasteiger partial charge in [0.1, 0.15) is 11.3 Å². The third kappa shape index (κ3) is 3.53. The lowest BCUT2D eigenvalue weighted by molar-refractivity contribution is -0.117. The molecule has 0 bridgehead atoms. The van der Waals surface area contributed by atoms with E-state index in [-0.39, 0.29) is 17.1 Å². The van der Waals surface area contributed by atoms with E-state index in [1.807, 2.05) is 24.3 Å². The van der Waals surface area contributed by atoms with Gasteiger partial charge < -0.3 is 14.6 Å². The number of fused-ring (bicyclic) bond motifs is 1. The van der Waals surface area contributed by atoms with E-state index in [1.54, 1.807) is 42.5 Å².